The molecule has 0 aliphatic rings. The Morgan fingerprint density at radius 1 is 1.23 bits per heavy atom. The zero-order chi connectivity index (χ0) is 18.5. The number of benzene rings is 1. The highest BCUT2D eigenvalue weighted by Crippen LogP contribution is 2.22. The van der Waals surface area contributed by atoms with Gasteiger partial charge < -0.3 is 14.2 Å². The van der Waals surface area contributed by atoms with Crippen molar-refractivity contribution in [2.45, 2.75) is 13.2 Å². The predicted octanol–water partition coefficient (Wildman–Crippen LogP) is 2.39. The van der Waals surface area contributed by atoms with E-state index in [0.29, 0.717) is 17.3 Å². The first-order valence-electron chi connectivity index (χ1n) is 7.21. The van der Waals surface area contributed by atoms with Crippen LogP contribution in [0.3, 0.4) is 0 Å². The van der Waals surface area contributed by atoms with Gasteiger partial charge in [0.15, 0.2) is 11.6 Å². The summed E-state index contributed by atoms with van der Waals surface area (Å²) in [7, 11) is 1.46. The van der Waals surface area contributed by atoms with Gasteiger partial charge in [0, 0.05) is 18.3 Å². The van der Waals surface area contributed by atoms with Crippen LogP contribution in [0, 0.1) is 5.82 Å². The average Bonchev–Trinajstić information content (AvgIpc) is 3.10. The van der Waals surface area contributed by atoms with Gasteiger partial charge in [-0.25, -0.2) is 14.1 Å². The van der Waals surface area contributed by atoms with E-state index in [1.54, 1.807) is 6.07 Å². The van der Waals surface area contributed by atoms with Crippen LogP contribution in [0.15, 0.2) is 36.7 Å². The van der Waals surface area contributed by atoms with E-state index in [1.807, 2.05) is 0 Å². The minimum Gasteiger partial charge on any atom is -0.481 e. The third-order valence-corrected chi connectivity index (χ3v) is 3.10. The molecular formula is C15H12F3N5O3. The van der Waals surface area contributed by atoms with Crippen molar-refractivity contribution in [3.8, 4) is 23.3 Å². The summed E-state index contributed by atoms with van der Waals surface area (Å²) >= 11 is 0. The zero-order valence-electron chi connectivity index (χ0n) is 13.3. The summed E-state index contributed by atoms with van der Waals surface area (Å²) in [4.78, 5) is 7.90. The van der Waals surface area contributed by atoms with E-state index in [2.05, 4.69) is 25.0 Å². The molecule has 2 aromatic heterocycles. The molecular weight excluding hydrogens is 355 g/mol. The topological polar surface area (TPSA) is 84.2 Å². The van der Waals surface area contributed by atoms with Crippen molar-refractivity contribution < 1.29 is 27.4 Å². The van der Waals surface area contributed by atoms with Crippen LogP contribution in [0.25, 0.3) is 5.69 Å². The van der Waals surface area contributed by atoms with Gasteiger partial charge in [0.2, 0.25) is 5.88 Å². The first kappa shape index (κ1) is 17.5. The van der Waals surface area contributed by atoms with Crippen LogP contribution in [0.2, 0.25) is 0 Å². The normalized spacial score (nSPS) is 10.8. The van der Waals surface area contributed by atoms with Gasteiger partial charge >= 0.3 is 12.6 Å². The second kappa shape index (κ2) is 7.68. The fraction of sp³-hybridized carbons (Fsp3) is 0.200. The summed E-state index contributed by atoms with van der Waals surface area (Å²) in [6.07, 6.45) is 2.96. The van der Waals surface area contributed by atoms with Crippen LogP contribution in [-0.4, -0.2) is 38.7 Å². The van der Waals surface area contributed by atoms with Gasteiger partial charge in [0.25, 0.3) is 0 Å². The number of rotatable bonds is 7. The molecule has 2 heterocycles. The fourth-order valence-electron chi connectivity index (χ4n) is 1.96. The smallest absolute Gasteiger partial charge is 0.387 e. The molecule has 136 valence electrons. The van der Waals surface area contributed by atoms with Gasteiger partial charge in [0.05, 0.1) is 19.0 Å². The Hall–Kier alpha value is -3.37. The molecule has 0 aliphatic carbocycles. The first-order valence-corrected chi connectivity index (χ1v) is 7.21. The lowest BCUT2D eigenvalue weighted by Crippen LogP contribution is -2.05. The number of aromatic nitrogens is 5. The second-order valence-electron chi connectivity index (χ2n) is 4.82. The van der Waals surface area contributed by atoms with Gasteiger partial charge in [-0.15, -0.1) is 5.10 Å². The number of hydrogen-bond donors (Lipinski definition) is 0. The van der Waals surface area contributed by atoms with E-state index in [-0.39, 0.29) is 12.6 Å². The molecule has 0 atom stereocenters. The van der Waals surface area contributed by atoms with Crippen molar-refractivity contribution in [2.75, 3.05) is 7.11 Å². The van der Waals surface area contributed by atoms with E-state index in [4.69, 9.17) is 9.47 Å². The second-order valence-corrected chi connectivity index (χ2v) is 4.82. The molecule has 8 nitrogen and oxygen atoms in total. The van der Waals surface area contributed by atoms with Gasteiger partial charge in [-0.1, -0.05) is 5.21 Å². The Morgan fingerprint density at radius 2 is 2.08 bits per heavy atom. The molecule has 0 saturated carbocycles. The summed E-state index contributed by atoms with van der Waals surface area (Å²) in [5.41, 5.74) is 0.704. The molecule has 0 spiro atoms. The minimum atomic E-state index is -3.14. The van der Waals surface area contributed by atoms with Crippen molar-refractivity contribution in [1.82, 2.24) is 25.0 Å². The summed E-state index contributed by atoms with van der Waals surface area (Å²) in [5.74, 6) is -1.15. The standard InChI is InChI=1S/C15H12F3N5O3/c1-24-13-4-5-19-15(20-13)25-8-9-7-23(22-21-9)10-2-3-11(16)12(6-10)26-14(17)18/h2-7,14H,8H2,1H3. The lowest BCUT2D eigenvalue weighted by Gasteiger charge is -2.07. The lowest BCUT2D eigenvalue weighted by molar-refractivity contribution is -0.0521. The van der Waals surface area contributed by atoms with Crippen LogP contribution in [0.4, 0.5) is 13.2 Å². The zero-order valence-corrected chi connectivity index (χ0v) is 13.3. The minimum absolute atomic E-state index is 0.00868. The number of hydrogen-bond acceptors (Lipinski definition) is 7. The van der Waals surface area contributed by atoms with Crippen molar-refractivity contribution in [1.29, 1.82) is 0 Å². The summed E-state index contributed by atoms with van der Waals surface area (Å²) in [6, 6.07) is 5.09. The Labute approximate surface area is 145 Å². The molecule has 0 saturated heterocycles. The molecule has 3 aromatic rings. The summed E-state index contributed by atoms with van der Waals surface area (Å²) < 4.78 is 53.8. The Balaban J connectivity index is 1.71. The van der Waals surface area contributed by atoms with Gasteiger partial charge in [-0.05, 0) is 12.1 Å². The van der Waals surface area contributed by atoms with Crippen LogP contribution >= 0.6 is 0 Å². The monoisotopic (exact) mass is 367 g/mol. The van der Waals surface area contributed by atoms with E-state index in [0.717, 1.165) is 12.1 Å². The van der Waals surface area contributed by atoms with Crippen LogP contribution in [0.1, 0.15) is 5.69 Å². The number of alkyl halides is 2. The quantitative estimate of drug-likeness (QED) is 0.634. The average molecular weight is 367 g/mol. The third kappa shape index (κ3) is 4.18. The number of nitrogens with zero attached hydrogens (tertiary/aromatic N) is 5. The van der Waals surface area contributed by atoms with Crippen molar-refractivity contribution in [3.05, 3.63) is 48.2 Å². The fourth-order valence-corrected chi connectivity index (χ4v) is 1.96. The Morgan fingerprint density at radius 3 is 2.85 bits per heavy atom. The lowest BCUT2D eigenvalue weighted by atomic mass is 10.3. The van der Waals surface area contributed by atoms with Gasteiger partial charge in [-0.3, -0.25) is 0 Å². The van der Waals surface area contributed by atoms with Crippen LogP contribution < -0.4 is 14.2 Å². The largest absolute Gasteiger partial charge is 0.481 e. The van der Waals surface area contributed by atoms with E-state index < -0.39 is 18.2 Å². The first-order chi connectivity index (χ1) is 12.5. The van der Waals surface area contributed by atoms with Gasteiger partial charge in [0.1, 0.15) is 12.3 Å². The molecule has 26 heavy (non-hydrogen) atoms. The molecule has 0 radical (unpaired) electrons. The van der Waals surface area contributed by atoms with E-state index in [1.165, 1.54) is 30.3 Å². The Kier molecular flexibility index (Phi) is 5.15. The van der Waals surface area contributed by atoms with Crippen molar-refractivity contribution in [2.24, 2.45) is 0 Å². The molecule has 0 unspecified atom stereocenters. The van der Waals surface area contributed by atoms with Crippen molar-refractivity contribution in [3.63, 3.8) is 0 Å². The van der Waals surface area contributed by atoms with Crippen molar-refractivity contribution >= 4 is 0 Å². The maximum atomic E-state index is 13.5. The molecule has 0 N–H and O–H groups in total. The molecule has 0 aliphatic heterocycles. The van der Waals surface area contributed by atoms with Crippen LogP contribution in [0.5, 0.6) is 17.6 Å². The molecule has 0 amide bonds. The highest BCUT2D eigenvalue weighted by molar-refractivity contribution is 5.39. The maximum Gasteiger partial charge on any atom is 0.387 e. The number of ether oxygens (including phenoxy) is 3. The highest BCUT2D eigenvalue weighted by Gasteiger charge is 2.12. The molecule has 1 aromatic carbocycles. The third-order valence-electron chi connectivity index (χ3n) is 3.10. The molecule has 0 fully saturated rings. The van der Waals surface area contributed by atoms with E-state index in [9.17, 15) is 13.2 Å². The molecule has 0 bridgehead atoms. The SMILES string of the molecule is COc1ccnc(OCc2cn(-c3ccc(F)c(OC(F)F)c3)nn2)n1. The number of methoxy groups -OCH3 is 1. The predicted molar refractivity (Wildman–Crippen MR) is 80.9 cm³/mol. The van der Waals surface area contributed by atoms with Crippen LogP contribution in [-0.2, 0) is 6.61 Å². The molecule has 3 rings (SSSR count). The Bertz CT molecular complexity index is 890. The highest BCUT2D eigenvalue weighted by atomic mass is 19.3. The number of halogens is 3. The van der Waals surface area contributed by atoms with E-state index >= 15 is 0 Å². The van der Waals surface area contributed by atoms with Gasteiger partial charge in [-0.2, -0.15) is 13.8 Å². The summed E-state index contributed by atoms with van der Waals surface area (Å²) in [5, 5.41) is 7.72. The molecule has 11 heteroatoms. The summed E-state index contributed by atoms with van der Waals surface area (Å²) in [6.45, 7) is -3.13. The maximum absolute atomic E-state index is 13.5.